The van der Waals surface area contributed by atoms with Gasteiger partial charge in [-0.1, -0.05) is 63.0 Å². The van der Waals surface area contributed by atoms with Gasteiger partial charge in [-0.15, -0.1) is 0 Å². The molecule has 0 radical (unpaired) electrons. The minimum atomic E-state index is -0.414. The second-order valence-electron chi connectivity index (χ2n) is 8.18. The summed E-state index contributed by atoms with van der Waals surface area (Å²) in [5.74, 6) is 7.36. The summed E-state index contributed by atoms with van der Waals surface area (Å²) >= 11 is 0. The Morgan fingerprint density at radius 2 is 1.57 bits per heavy atom. The van der Waals surface area contributed by atoms with Gasteiger partial charge in [-0.2, -0.15) is 0 Å². The summed E-state index contributed by atoms with van der Waals surface area (Å²) in [4.78, 5) is 0. The maximum Gasteiger partial charge on any atom is 0.147 e. The van der Waals surface area contributed by atoms with Crippen LogP contribution in [0.1, 0.15) is 87.3 Å². The van der Waals surface area contributed by atoms with E-state index in [1.54, 1.807) is 12.1 Å². The molecule has 1 nitrogen and oxygen atoms in total. The Bertz CT molecular complexity index is 805. The van der Waals surface area contributed by atoms with Gasteiger partial charge in [-0.05, 0) is 73.4 Å². The largest absolute Gasteiger partial charge is 0.396 e. The molecule has 1 aliphatic rings. The first-order chi connectivity index (χ1) is 13.7. The van der Waals surface area contributed by atoms with E-state index in [1.165, 1.54) is 69.4 Å². The van der Waals surface area contributed by atoms with Crippen LogP contribution in [-0.2, 0) is 0 Å². The van der Waals surface area contributed by atoms with E-state index >= 15 is 0 Å². The minimum absolute atomic E-state index is 0.158. The maximum atomic E-state index is 13.5. The van der Waals surface area contributed by atoms with E-state index in [0.29, 0.717) is 11.5 Å². The van der Waals surface area contributed by atoms with Crippen LogP contribution in [0.5, 0.6) is 0 Å². The van der Waals surface area contributed by atoms with E-state index in [0.717, 1.165) is 11.5 Å². The Kier molecular flexibility index (Phi) is 7.54. The smallest absolute Gasteiger partial charge is 0.147 e. The number of nitrogens with two attached hydrogens (primary N) is 1. The summed E-state index contributed by atoms with van der Waals surface area (Å²) in [7, 11) is 0. The highest BCUT2D eigenvalue weighted by molar-refractivity contribution is 5.49. The lowest BCUT2D eigenvalue weighted by Gasteiger charge is -2.29. The van der Waals surface area contributed by atoms with Crippen molar-refractivity contribution in [3.05, 3.63) is 65.0 Å². The second-order valence-corrected chi connectivity index (χ2v) is 8.18. The molecule has 0 amide bonds. The molecular weight excluding hydrogens is 345 g/mol. The number of hydrogen-bond acceptors (Lipinski definition) is 1. The number of halogens is 1. The Labute approximate surface area is 169 Å². The molecule has 0 aliphatic heterocycles. The van der Waals surface area contributed by atoms with Crippen LogP contribution in [0.4, 0.5) is 10.1 Å². The molecule has 0 unspecified atom stereocenters. The fourth-order valence-electron chi connectivity index (χ4n) is 4.23. The summed E-state index contributed by atoms with van der Waals surface area (Å²) in [6.45, 7) is 2.28. The number of unbranched alkanes of at least 4 members (excludes halogenated alkanes) is 3. The summed E-state index contributed by atoms with van der Waals surface area (Å²) in [6, 6.07) is 13.3. The molecule has 1 aliphatic carbocycles. The highest BCUT2D eigenvalue weighted by atomic mass is 19.1. The molecule has 2 heteroatoms. The molecule has 1 saturated carbocycles. The van der Waals surface area contributed by atoms with Gasteiger partial charge in [0.05, 0.1) is 5.69 Å². The first-order valence-corrected chi connectivity index (χ1v) is 10.8. The Hall–Kier alpha value is -2.27. The average Bonchev–Trinajstić information content (AvgIpc) is 2.73. The fourth-order valence-corrected chi connectivity index (χ4v) is 4.23. The second kappa shape index (κ2) is 10.3. The average molecular weight is 378 g/mol. The van der Waals surface area contributed by atoms with Crippen molar-refractivity contribution in [3.63, 3.8) is 0 Å². The van der Waals surface area contributed by atoms with E-state index < -0.39 is 5.82 Å². The molecular formula is C26H32FN. The lowest BCUT2D eigenvalue weighted by molar-refractivity contribution is 0.302. The zero-order valence-corrected chi connectivity index (χ0v) is 17.0. The molecule has 0 spiro atoms. The molecule has 0 saturated heterocycles. The maximum absolute atomic E-state index is 13.5. The topological polar surface area (TPSA) is 26.0 Å². The number of rotatable bonds is 6. The van der Waals surface area contributed by atoms with Crippen molar-refractivity contribution in [3.8, 4) is 11.8 Å². The third kappa shape index (κ3) is 5.86. The molecule has 1 fully saturated rings. The SMILES string of the molecule is CCCCCCC1CCC(c2ccc(C#Cc3ccc(N)c(F)c3)cc2)CC1. The summed E-state index contributed by atoms with van der Waals surface area (Å²) < 4.78 is 13.5. The van der Waals surface area contributed by atoms with Gasteiger partial charge in [0.15, 0.2) is 0 Å². The molecule has 0 aromatic heterocycles. The molecule has 2 aromatic rings. The van der Waals surface area contributed by atoms with Crippen LogP contribution in [0.15, 0.2) is 42.5 Å². The summed E-state index contributed by atoms with van der Waals surface area (Å²) in [6.07, 6.45) is 12.3. The minimum Gasteiger partial charge on any atom is -0.396 e. The van der Waals surface area contributed by atoms with Crippen molar-refractivity contribution >= 4 is 5.69 Å². The lowest BCUT2D eigenvalue weighted by Crippen LogP contribution is -2.13. The van der Waals surface area contributed by atoms with E-state index in [-0.39, 0.29) is 5.69 Å². The van der Waals surface area contributed by atoms with Crippen molar-refractivity contribution in [1.29, 1.82) is 0 Å². The predicted molar refractivity (Wildman–Crippen MR) is 117 cm³/mol. The number of nitrogen functional groups attached to an aromatic ring is 1. The van der Waals surface area contributed by atoms with Crippen molar-refractivity contribution < 1.29 is 4.39 Å². The van der Waals surface area contributed by atoms with Crippen LogP contribution in [0.2, 0.25) is 0 Å². The van der Waals surface area contributed by atoms with E-state index in [1.807, 2.05) is 0 Å². The standard InChI is InChI=1S/C26H32FN/c1-2-3-4-5-6-20-9-14-23(15-10-20)24-16-11-21(12-17-24)7-8-22-13-18-26(28)25(27)19-22/h11-13,16-20,23H,2-6,9-10,14-15,28H2,1H3. The van der Waals surface area contributed by atoms with Crippen molar-refractivity contribution in [2.75, 3.05) is 5.73 Å². The Morgan fingerprint density at radius 1 is 0.893 bits per heavy atom. The monoisotopic (exact) mass is 377 g/mol. The summed E-state index contributed by atoms with van der Waals surface area (Å²) in [5.41, 5.74) is 8.71. The van der Waals surface area contributed by atoms with E-state index in [2.05, 4.69) is 43.0 Å². The molecule has 2 aromatic carbocycles. The summed E-state index contributed by atoms with van der Waals surface area (Å²) in [5, 5.41) is 0. The van der Waals surface area contributed by atoms with Crippen LogP contribution in [0.25, 0.3) is 0 Å². The van der Waals surface area contributed by atoms with Crippen LogP contribution < -0.4 is 5.73 Å². The van der Waals surface area contributed by atoms with Gasteiger partial charge in [0.25, 0.3) is 0 Å². The molecule has 0 heterocycles. The number of hydrogen-bond donors (Lipinski definition) is 1. The molecule has 2 N–H and O–H groups in total. The highest BCUT2D eigenvalue weighted by Crippen LogP contribution is 2.37. The predicted octanol–water partition coefficient (Wildman–Crippen LogP) is 7.05. The Balaban J connectivity index is 1.51. The quantitative estimate of drug-likeness (QED) is 0.326. The van der Waals surface area contributed by atoms with Crippen LogP contribution in [-0.4, -0.2) is 0 Å². The number of anilines is 1. The molecule has 3 rings (SSSR count). The third-order valence-corrected chi connectivity index (χ3v) is 6.05. The Morgan fingerprint density at radius 3 is 2.25 bits per heavy atom. The van der Waals surface area contributed by atoms with Gasteiger partial charge >= 0.3 is 0 Å². The van der Waals surface area contributed by atoms with Gasteiger partial charge in [0, 0.05) is 11.1 Å². The zero-order chi connectivity index (χ0) is 19.8. The molecule has 0 atom stereocenters. The molecule has 28 heavy (non-hydrogen) atoms. The van der Waals surface area contributed by atoms with Crippen LogP contribution >= 0.6 is 0 Å². The first kappa shape index (κ1) is 20.5. The van der Waals surface area contributed by atoms with Gasteiger partial charge < -0.3 is 5.73 Å². The normalized spacial score (nSPS) is 19.1. The van der Waals surface area contributed by atoms with Gasteiger partial charge in [-0.3, -0.25) is 0 Å². The van der Waals surface area contributed by atoms with E-state index in [4.69, 9.17) is 5.73 Å². The fraction of sp³-hybridized carbons (Fsp3) is 0.462. The first-order valence-electron chi connectivity index (χ1n) is 10.8. The van der Waals surface area contributed by atoms with Gasteiger partial charge in [0.1, 0.15) is 5.82 Å². The van der Waals surface area contributed by atoms with Gasteiger partial charge in [-0.25, -0.2) is 4.39 Å². The van der Waals surface area contributed by atoms with Crippen molar-refractivity contribution in [2.45, 2.75) is 70.6 Å². The van der Waals surface area contributed by atoms with E-state index in [9.17, 15) is 4.39 Å². The highest BCUT2D eigenvalue weighted by Gasteiger charge is 2.21. The number of benzene rings is 2. The van der Waals surface area contributed by atoms with Crippen LogP contribution in [0, 0.1) is 23.6 Å². The lowest BCUT2D eigenvalue weighted by atomic mass is 9.77. The zero-order valence-electron chi connectivity index (χ0n) is 17.0. The molecule has 148 valence electrons. The third-order valence-electron chi connectivity index (χ3n) is 6.05. The van der Waals surface area contributed by atoms with Crippen LogP contribution in [0.3, 0.4) is 0 Å². The van der Waals surface area contributed by atoms with Crippen molar-refractivity contribution in [2.24, 2.45) is 5.92 Å². The van der Waals surface area contributed by atoms with Gasteiger partial charge in [0.2, 0.25) is 0 Å². The molecule has 0 bridgehead atoms. The van der Waals surface area contributed by atoms with Crippen molar-refractivity contribution in [1.82, 2.24) is 0 Å².